The number of rotatable bonds is 7. The zero-order valence-electron chi connectivity index (χ0n) is 15.8. The number of aromatic nitrogens is 1. The minimum atomic E-state index is -0.280. The van der Waals surface area contributed by atoms with Crippen LogP contribution in [0.2, 0.25) is 0 Å². The Morgan fingerprint density at radius 1 is 1.33 bits per heavy atom. The molecule has 1 aliphatic rings. The van der Waals surface area contributed by atoms with E-state index < -0.39 is 0 Å². The normalized spacial score (nSPS) is 17.5. The largest absolute Gasteiger partial charge is 0.497 e. The fraction of sp³-hybridized carbons (Fsp3) is 0.400. The first kappa shape index (κ1) is 19.1. The summed E-state index contributed by atoms with van der Waals surface area (Å²) in [6, 6.07) is 11.8. The van der Waals surface area contributed by atoms with E-state index in [0.717, 1.165) is 35.1 Å². The van der Waals surface area contributed by atoms with Crippen molar-refractivity contribution in [1.82, 2.24) is 9.88 Å². The molecule has 0 bridgehead atoms. The molecule has 0 spiro atoms. The van der Waals surface area contributed by atoms with Gasteiger partial charge >= 0.3 is 0 Å². The summed E-state index contributed by atoms with van der Waals surface area (Å²) in [5.74, 6) is 0.538. The molecular formula is C20H26N4O3. The van der Waals surface area contributed by atoms with Crippen LogP contribution in [0.25, 0.3) is 0 Å². The van der Waals surface area contributed by atoms with Crippen LogP contribution < -0.4 is 15.8 Å². The first-order chi connectivity index (χ1) is 13.0. The highest BCUT2D eigenvalue weighted by Gasteiger charge is 2.23. The van der Waals surface area contributed by atoms with Crippen LogP contribution in [0.15, 0.2) is 36.4 Å². The van der Waals surface area contributed by atoms with Crippen LogP contribution in [-0.4, -0.2) is 49.1 Å². The number of benzene rings is 1. The predicted octanol–water partition coefficient (Wildman–Crippen LogP) is 2.39. The van der Waals surface area contributed by atoms with Crippen LogP contribution >= 0.6 is 0 Å². The van der Waals surface area contributed by atoms with Gasteiger partial charge in [-0.3, -0.25) is 14.7 Å². The number of pyridine rings is 1. The highest BCUT2D eigenvalue weighted by atomic mass is 16.5. The number of amides is 1. The van der Waals surface area contributed by atoms with Gasteiger partial charge in [-0.1, -0.05) is 0 Å². The van der Waals surface area contributed by atoms with E-state index in [-0.39, 0.29) is 12.0 Å². The number of hydrogen-bond donors (Lipinski definition) is 2. The molecule has 7 nitrogen and oxygen atoms in total. The lowest BCUT2D eigenvalue weighted by atomic mass is 10.1. The average molecular weight is 370 g/mol. The monoisotopic (exact) mass is 370 g/mol. The summed E-state index contributed by atoms with van der Waals surface area (Å²) >= 11 is 0. The van der Waals surface area contributed by atoms with Gasteiger partial charge in [-0.15, -0.1) is 0 Å². The number of carbonyl (C=O) groups is 1. The molecular weight excluding hydrogens is 344 g/mol. The molecule has 1 amide bonds. The summed E-state index contributed by atoms with van der Waals surface area (Å²) < 4.78 is 11.1. The number of hydrogen-bond acceptors (Lipinski definition) is 6. The van der Waals surface area contributed by atoms with Crippen molar-refractivity contribution in [2.45, 2.75) is 19.4 Å². The SMILES string of the molecule is COc1ccc(Nc2cc(C)nc(C3CN(CCC(N)=O)CCO3)c2)cc1. The van der Waals surface area contributed by atoms with E-state index in [1.54, 1.807) is 7.11 Å². The Hall–Kier alpha value is -2.64. The van der Waals surface area contributed by atoms with E-state index in [2.05, 4.69) is 15.2 Å². The summed E-state index contributed by atoms with van der Waals surface area (Å²) in [5, 5.41) is 3.40. The zero-order valence-corrected chi connectivity index (χ0v) is 15.8. The number of carbonyl (C=O) groups excluding carboxylic acids is 1. The van der Waals surface area contributed by atoms with Gasteiger partial charge in [0.2, 0.25) is 5.91 Å². The summed E-state index contributed by atoms with van der Waals surface area (Å²) in [5.41, 5.74) is 8.99. The third-order valence-corrected chi connectivity index (χ3v) is 4.51. The zero-order chi connectivity index (χ0) is 19.2. The average Bonchev–Trinajstić information content (AvgIpc) is 2.67. The maximum absolute atomic E-state index is 11.0. The fourth-order valence-corrected chi connectivity index (χ4v) is 3.13. The number of aryl methyl sites for hydroxylation is 1. The van der Waals surface area contributed by atoms with Crippen LogP contribution in [0.4, 0.5) is 11.4 Å². The Balaban J connectivity index is 1.71. The van der Waals surface area contributed by atoms with Gasteiger partial charge in [0.1, 0.15) is 11.9 Å². The molecule has 1 atom stereocenters. The smallest absolute Gasteiger partial charge is 0.218 e. The topological polar surface area (TPSA) is 89.7 Å². The Kier molecular flexibility index (Phi) is 6.26. The maximum atomic E-state index is 11.0. The number of nitrogens with one attached hydrogen (secondary N) is 1. The van der Waals surface area contributed by atoms with Crippen molar-refractivity contribution >= 4 is 17.3 Å². The van der Waals surface area contributed by atoms with Crippen molar-refractivity contribution in [3.8, 4) is 5.75 Å². The molecule has 1 fully saturated rings. The third kappa shape index (κ3) is 5.42. The molecule has 1 aromatic carbocycles. The second kappa shape index (κ2) is 8.83. The van der Waals surface area contributed by atoms with Gasteiger partial charge in [0, 0.05) is 43.1 Å². The van der Waals surface area contributed by atoms with Crippen LogP contribution in [0.5, 0.6) is 5.75 Å². The van der Waals surface area contributed by atoms with E-state index in [1.165, 1.54) is 0 Å². The molecule has 1 aliphatic heterocycles. The molecule has 0 saturated carbocycles. The van der Waals surface area contributed by atoms with Crippen molar-refractivity contribution in [3.63, 3.8) is 0 Å². The van der Waals surface area contributed by atoms with Crippen LogP contribution in [0.3, 0.4) is 0 Å². The first-order valence-corrected chi connectivity index (χ1v) is 9.05. The lowest BCUT2D eigenvalue weighted by Crippen LogP contribution is -2.40. The lowest BCUT2D eigenvalue weighted by molar-refractivity contribution is -0.118. The number of anilines is 2. The Morgan fingerprint density at radius 3 is 2.81 bits per heavy atom. The van der Waals surface area contributed by atoms with Gasteiger partial charge in [0.15, 0.2) is 0 Å². The van der Waals surface area contributed by atoms with E-state index >= 15 is 0 Å². The van der Waals surface area contributed by atoms with E-state index in [0.29, 0.717) is 26.1 Å². The first-order valence-electron chi connectivity index (χ1n) is 9.05. The van der Waals surface area contributed by atoms with Crippen LogP contribution in [0.1, 0.15) is 23.9 Å². The van der Waals surface area contributed by atoms with Crippen molar-refractivity contribution in [3.05, 3.63) is 47.8 Å². The summed E-state index contributed by atoms with van der Waals surface area (Å²) in [4.78, 5) is 17.9. The van der Waals surface area contributed by atoms with Crippen molar-refractivity contribution in [1.29, 1.82) is 0 Å². The second-order valence-electron chi connectivity index (χ2n) is 6.65. The van der Waals surface area contributed by atoms with Crippen molar-refractivity contribution in [2.24, 2.45) is 5.73 Å². The standard InChI is InChI=1S/C20H26N4O3/c1-14-11-16(23-15-3-5-17(26-2)6-4-15)12-18(22-14)19-13-24(9-10-27-19)8-7-20(21)25/h3-6,11-12,19H,7-10,13H2,1-2H3,(H2,21,25)(H,22,23). The number of nitrogens with two attached hydrogens (primary N) is 1. The molecule has 0 radical (unpaired) electrons. The molecule has 1 unspecified atom stereocenters. The van der Waals surface area contributed by atoms with Crippen LogP contribution in [0, 0.1) is 6.92 Å². The Labute approximate surface area is 159 Å². The van der Waals surface area contributed by atoms with Crippen molar-refractivity contribution < 1.29 is 14.3 Å². The van der Waals surface area contributed by atoms with E-state index in [4.69, 9.17) is 15.2 Å². The van der Waals surface area contributed by atoms with E-state index in [9.17, 15) is 4.79 Å². The van der Waals surface area contributed by atoms with Gasteiger partial charge in [0.25, 0.3) is 0 Å². The summed E-state index contributed by atoms with van der Waals surface area (Å²) in [6.45, 7) is 4.73. The van der Waals surface area contributed by atoms with Crippen LogP contribution in [-0.2, 0) is 9.53 Å². The number of methoxy groups -OCH3 is 1. The highest BCUT2D eigenvalue weighted by molar-refractivity contribution is 5.73. The Bertz CT molecular complexity index is 779. The maximum Gasteiger partial charge on any atom is 0.218 e. The minimum absolute atomic E-state index is 0.122. The molecule has 0 aliphatic carbocycles. The highest BCUT2D eigenvalue weighted by Crippen LogP contribution is 2.26. The number of primary amides is 1. The minimum Gasteiger partial charge on any atom is -0.497 e. The number of morpholine rings is 1. The van der Waals surface area contributed by atoms with E-state index in [1.807, 2.05) is 43.3 Å². The molecule has 27 heavy (non-hydrogen) atoms. The number of nitrogens with zero attached hydrogens (tertiary/aromatic N) is 2. The fourth-order valence-electron chi connectivity index (χ4n) is 3.13. The molecule has 2 heterocycles. The molecule has 144 valence electrons. The molecule has 1 saturated heterocycles. The van der Waals surface area contributed by atoms with Gasteiger partial charge in [-0.25, -0.2) is 0 Å². The van der Waals surface area contributed by atoms with Gasteiger partial charge in [-0.2, -0.15) is 0 Å². The number of ether oxygens (including phenoxy) is 2. The van der Waals surface area contributed by atoms with Crippen molar-refractivity contribution in [2.75, 3.05) is 38.7 Å². The summed E-state index contributed by atoms with van der Waals surface area (Å²) in [6.07, 6.45) is 0.237. The Morgan fingerprint density at radius 2 is 2.11 bits per heavy atom. The molecule has 7 heteroatoms. The predicted molar refractivity (Wildman–Crippen MR) is 104 cm³/mol. The lowest BCUT2D eigenvalue weighted by Gasteiger charge is -2.32. The summed E-state index contributed by atoms with van der Waals surface area (Å²) in [7, 11) is 1.65. The van der Waals surface area contributed by atoms with Gasteiger partial charge < -0.3 is 20.5 Å². The van der Waals surface area contributed by atoms with Gasteiger partial charge in [-0.05, 0) is 43.3 Å². The molecule has 2 aromatic rings. The quantitative estimate of drug-likeness (QED) is 0.778. The van der Waals surface area contributed by atoms with Gasteiger partial charge in [0.05, 0.1) is 19.4 Å². The molecule has 3 rings (SSSR count). The third-order valence-electron chi connectivity index (χ3n) is 4.51. The molecule has 1 aromatic heterocycles. The second-order valence-corrected chi connectivity index (χ2v) is 6.65. The molecule has 3 N–H and O–H groups in total.